The minimum absolute atomic E-state index is 0.0590. The van der Waals surface area contributed by atoms with E-state index in [0.717, 1.165) is 19.3 Å². The van der Waals surface area contributed by atoms with E-state index in [2.05, 4.69) is 12.2 Å². The van der Waals surface area contributed by atoms with Gasteiger partial charge in [-0.15, -0.1) is 0 Å². The summed E-state index contributed by atoms with van der Waals surface area (Å²) in [6, 6.07) is 0.301. The first-order chi connectivity index (χ1) is 9.37. The summed E-state index contributed by atoms with van der Waals surface area (Å²) in [4.78, 5) is 0. The standard InChI is InChI=1S/C14H30N2O3S/c1-5-9-19-14-7-6-8-16(11-14)20(17,18)13(4)10-15-12(2)3/h12-15H,5-11H2,1-4H3. The maximum Gasteiger partial charge on any atom is 0.218 e. The van der Waals surface area contributed by atoms with Crippen LogP contribution in [0, 0.1) is 0 Å². The summed E-state index contributed by atoms with van der Waals surface area (Å²) >= 11 is 0. The van der Waals surface area contributed by atoms with Gasteiger partial charge in [0.2, 0.25) is 10.0 Å². The Morgan fingerprint density at radius 3 is 2.65 bits per heavy atom. The number of piperidine rings is 1. The van der Waals surface area contributed by atoms with Gasteiger partial charge < -0.3 is 10.1 Å². The zero-order valence-corrected chi connectivity index (χ0v) is 14.1. The molecule has 0 aromatic rings. The minimum atomic E-state index is -3.22. The smallest absolute Gasteiger partial charge is 0.218 e. The maximum atomic E-state index is 12.5. The summed E-state index contributed by atoms with van der Waals surface area (Å²) in [5, 5.41) is 2.81. The number of sulfonamides is 1. The van der Waals surface area contributed by atoms with Gasteiger partial charge in [0.15, 0.2) is 0 Å². The summed E-state index contributed by atoms with van der Waals surface area (Å²) < 4.78 is 32.4. The molecule has 2 atom stereocenters. The molecule has 0 bridgehead atoms. The van der Waals surface area contributed by atoms with E-state index >= 15 is 0 Å². The molecular weight excluding hydrogens is 276 g/mol. The Morgan fingerprint density at radius 2 is 2.05 bits per heavy atom. The Bertz CT molecular complexity index is 371. The lowest BCUT2D eigenvalue weighted by Crippen LogP contribution is -2.48. The summed E-state index contributed by atoms with van der Waals surface area (Å²) in [5.74, 6) is 0. The van der Waals surface area contributed by atoms with Crippen LogP contribution in [0.3, 0.4) is 0 Å². The van der Waals surface area contributed by atoms with Crippen molar-refractivity contribution < 1.29 is 13.2 Å². The topological polar surface area (TPSA) is 58.6 Å². The molecule has 0 saturated carbocycles. The average Bonchev–Trinajstić information content (AvgIpc) is 2.42. The molecule has 2 unspecified atom stereocenters. The Kier molecular flexibility index (Phi) is 7.43. The Hall–Kier alpha value is -0.170. The second kappa shape index (κ2) is 8.32. The lowest BCUT2D eigenvalue weighted by atomic mass is 10.1. The number of hydrogen-bond donors (Lipinski definition) is 1. The van der Waals surface area contributed by atoms with Crippen molar-refractivity contribution in [2.24, 2.45) is 0 Å². The Balaban J connectivity index is 2.57. The lowest BCUT2D eigenvalue weighted by molar-refractivity contribution is 0.0192. The first-order valence-corrected chi connectivity index (χ1v) is 9.22. The zero-order valence-electron chi connectivity index (χ0n) is 13.3. The van der Waals surface area contributed by atoms with Crippen molar-refractivity contribution >= 4 is 10.0 Å². The van der Waals surface area contributed by atoms with Crippen LogP contribution in [0.2, 0.25) is 0 Å². The third-order valence-corrected chi connectivity index (χ3v) is 5.82. The van der Waals surface area contributed by atoms with E-state index < -0.39 is 15.3 Å². The second-order valence-corrected chi connectivity index (χ2v) is 8.26. The van der Waals surface area contributed by atoms with E-state index in [1.165, 1.54) is 0 Å². The molecule has 0 aliphatic carbocycles. The van der Waals surface area contributed by atoms with Crippen LogP contribution in [0.5, 0.6) is 0 Å². The largest absolute Gasteiger partial charge is 0.377 e. The predicted octanol–water partition coefficient (Wildman–Crippen LogP) is 1.59. The number of ether oxygens (including phenoxy) is 1. The van der Waals surface area contributed by atoms with Crippen LogP contribution in [0.15, 0.2) is 0 Å². The number of hydrogen-bond acceptors (Lipinski definition) is 4. The maximum absolute atomic E-state index is 12.5. The summed E-state index contributed by atoms with van der Waals surface area (Å²) in [6.07, 6.45) is 2.88. The van der Waals surface area contributed by atoms with Crippen LogP contribution < -0.4 is 5.32 Å². The zero-order chi connectivity index (χ0) is 15.2. The van der Waals surface area contributed by atoms with Crippen LogP contribution in [-0.2, 0) is 14.8 Å². The third kappa shape index (κ3) is 5.31. The molecule has 1 N–H and O–H groups in total. The van der Waals surface area contributed by atoms with Crippen LogP contribution in [0.1, 0.15) is 47.0 Å². The van der Waals surface area contributed by atoms with E-state index in [-0.39, 0.29) is 6.10 Å². The highest BCUT2D eigenvalue weighted by molar-refractivity contribution is 7.89. The molecule has 0 aromatic carbocycles. The highest BCUT2D eigenvalue weighted by Gasteiger charge is 2.33. The number of rotatable bonds is 8. The molecule has 5 nitrogen and oxygen atoms in total. The molecule has 0 spiro atoms. The highest BCUT2D eigenvalue weighted by atomic mass is 32.2. The lowest BCUT2D eigenvalue weighted by Gasteiger charge is -2.33. The van der Waals surface area contributed by atoms with E-state index in [4.69, 9.17) is 4.74 Å². The molecular formula is C14H30N2O3S. The van der Waals surface area contributed by atoms with Gasteiger partial charge in [-0.3, -0.25) is 0 Å². The van der Waals surface area contributed by atoms with Crippen molar-refractivity contribution in [2.45, 2.75) is 64.4 Å². The molecule has 1 aliphatic heterocycles. The normalized spacial score (nSPS) is 23.1. The van der Waals surface area contributed by atoms with Crippen molar-refractivity contribution in [1.82, 2.24) is 9.62 Å². The summed E-state index contributed by atoms with van der Waals surface area (Å²) in [7, 11) is -3.22. The quantitative estimate of drug-likeness (QED) is 0.740. The predicted molar refractivity (Wildman–Crippen MR) is 82.4 cm³/mol. The molecule has 120 valence electrons. The van der Waals surface area contributed by atoms with Crippen LogP contribution in [0.4, 0.5) is 0 Å². The van der Waals surface area contributed by atoms with Gasteiger partial charge in [0.05, 0.1) is 11.4 Å². The van der Waals surface area contributed by atoms with E-state index in [1.54, 1.807) is 11.2 Å². The fourth-order valence-corrected chi connectivity index (χ4v) is 3.89. The summed E-state index contributed by atoms with van der Waals surface area (Å²) in [5.41, 5.74) is 0. The fourth-order valence-electron chi connectivity index (χ4n) is 2.32. The van der Waals surface area contributed by atoms with Gasteiger partial charge in [0.1, 0.15) is 0 Å². The number of nitrogens with one attached hydrogen (secondary N) is 1. The minimum Gasteiger partial charge on any atom is -0.377 e. The number of nitrogens with zero attached hydrogens (tertiary/aromatic N) is 1. The molecule has 0 radical (unpaired) electrons. The first kappa shape index (κ1) is 17.9. The van der Waals surface area contributed by atoms with Crippen molar-refractivity contribution in [3.8, 4) is 0 Å². The van der Waals surface area contributed by atoms with Crippen molar-refractivity contribution in [2.75, 3.05) is 26.2 Å². The second-order valence-electron chi connectivity index (χ2n) is 5.91. The molecule has 20 heavy (non-hydrogen) atoms. The monoisotopic (exact) mass is 306 g/mol. The molecule has 1 rings (SSSR count). The van der Waals surface area contributed by atoms with Crippen LogP contribution >= 0.6 is 0 Å². The van der Waals surface area contributed by atoms with Gasteiger partial charge >= 0.3 is 0 Å². The average molecular weight is 306 g/mol. The molecule has 1 heterocycles. The SMILES string of the molecule is CCCOC1CCCN(S(=O)(=O)C(C)CNC(C)C)C1. The van der Waals surface area contributed by atoms with Gasteiger partial charge in [-0.2, -0.15) is 4.31 Å². The summed E-state index contributed by atoms with van der Waals surface area (Å²) in [6.45, 7) is 10.2. The van der Waals surface area contributed by atoms with Gasteiger partial charge in [0.25, 0.3) is 0 Å². The van der Waals surface area contributed by atoms with Crippen molar-refractivity contribution in [1.29, 1.82) is 0 Å². The first-order valence-electron chi connectivity index (χ1n) is 7.71. The van der Waals surface area contributed by atoms with Gasteiger partial charge in [-0.25, -0.2) is 8.42 Å². The van der Waals surface area contributed by atoms with Gasteiger partial charge in [-0.1, -0.05) is 20.8 Å². The van der Waals surface area contributed by atoms with Gasteiger partial charge in [-0.05, 0) is 26.2 Å². The molecule has 6 heteroatoms. The van der Waals surface area contributed by atoms with Crippen LogP contribution in [-0.4, -0.2) is 56.4 Å². The van der Waals surface area contributed by atoms with E-state index in [9.17, 15) is 8.42 Å². The molecule has 0 amide bonds. The van der Waals surface area contributed by atoms with Crippen molar-refractivity contribution in [3.63, 3.8) is 0 Å². The van der Waals surface area contributed by atoms with Crippen LogP contribution in [0.25, 0.3) is 0 Å². The van der Waals surface area contributed by atoms with E-state index in [1.807, 2.05) is 13.8 Å². The van der Waals surface area contributed by atoms with Crippen molar-refractivity contribution in [3.05, 3.63) is 0 Å². The highest BCUT2D eigenvalue weighted by Crippen LogP contribution is 2.19. The fraction of sp³-hybridized carbons (Fsp3) is 1.00. The Morgan fingerprint density at radius 1 is 1.35 bits per heavy atom. The van der Waals surface area contributed by atoms with E-state index in [0.29, 0.717) is 32.3 Å². The molecule has 1 aliphatic rings. The van der Waals surface area contributed by atoms with Gasteiger partial charge in [0, 0.05) is 32.3 Å². The molecule has 1 saturated heterocycles. The molecule has 0 aromatic heterocycles. The third-order valence-electron chi connectivity index (χ3n) is 3.58. The molecule has 1 fully saturated rings. The Labute approximate surface area is 124 Å².